The molecule has 43 heavy (non-hydrogen) atoms. The topological polar surface area (TPSA) is 86.8 Å². The average molecular weight is 639 g/mol. The predicted octanol–water partition coefficient (Wildman–Crippen LogP) is 6.35. The van der Waals surface area contributed by atoms with Crippen molar-refractivity contribution >= 4 is 50.7 Å². The Kier molecular flexibility index (Phi) is 10.9. The van der Waals surface area contributed by atoms with Crippen LogP contribution in [0, 0.1) is 0 Å². The van der Waals surface area contributed by atoms with Crippen LogP contribution in [0.4, 0.5) is 5.69 Å². The number of hydrogen-bond donors (Lipinski definition) is 1. The van der Waals surface area contributed by atoms with Crippen molar-refractivity contribution in [2.45, 2.75) is 43.8 Å². The minimum atomic E-state index is -4.28. The number of amides is 2. The molecule has 0 aromatic heterocycles. The van der Waals surface area contributed by atoms with Crippen molar-refractivity contribution in [3.63, 3.8) is 0 Å². The van der Waals surface area contributed by atoms with Crippen LogP contribution in [-0.2, 0) is 32.6 Å². The molecule has 0 saturated heterocycles. The maximum absolute atomic E-state index is 14.4. The van der Waals surface area contributed by atoms with E-state index in [1.165, 1.54) is 35.2 Å². The smallest absolute Gasteiger partial charge is 0.264 e. The van der Waals surface area contributed by atoms with Crippen LogP contribution in [0.25, 0.3) is 0 Å². The molecule has 0 aliphatic rings. The number of benzene rings is 4. The van der Waals surface area contributed by atoms with E-state index in [-0.39, 0.29) is 45.5 Å². The highest BCUT2D eigenvalue weighted by Gasteiger charge is 2.35. The highest BCUT2D eigenvalue weighted by Crippen LogP contribution is 2.33. The van der Waals surface area contributed by atoms with Gasteiger partial charge in [-0.2, -0.15) is 0 Å². The third-order valence-corrected chi connectivity index (χ3v) is 9.01. The Morgan fingerprint density at radius 2 is 1.35 bits per heavy atom. The molecule has 0 heterocycles. The fourth-order valence-electron chi connectivity index (χ4n) is 4.62. The Bertz CT molecular complexity index is 1640. The third-order valence-electron chi connectivity index (χ3n) is 6.68. The molecule has 0 spiro atoms. The summed E-state index contributed by atoms with van der Waals surface area (Å²) in [6, 6.07) is 29.7. The Morgan fingerprint density at radius 1 is 0.791 bits per heavy atom. The monoisotopic (exact) mass is 637 g/mol. The molecule has 0 aliphatic heterocycles. The lowest BCUT2D eigenvalue weighted by Crippen LogP contribution is -2.54. The van der Waals surface area contributed by atoms with E-state index in [0.717, 1.165) is 15.4 Å². The zero-order valence-corrected chi connectivity index (χ0v) is 26.2. The van der Waals surface area contributed by atoms with Crippen molar-refractivity contribution in [2.24, 2.45) is 0 Å². The van der Waals surface area contributed by atoms with Gasteiger partial charge in [0.25, 0.3) is 10.0 Å². The van der Waals surface area contributed by atoms with Crippen molar-refractivity contribution in [2.75, 3.05) is 10.8 Å². The highest BCUT2D eigenvalue weighted by atomic mass is 35.5. The van der Waals surface area contributed by atoms with Crippen LogP contribution in [0.15, 0.2) is 114 Å². The van der Waals surface area contributed by atoms with Gasteiger partial charge < -0.3 is 10.2 Å². The predicted molar refractivity (Wildman–Crippen MR) is 172 cm³/mol. The first-order valence-corrected chi connectivity index (χ1v) is 16.0. The summed E-state index contributed by atoms with van der Waals surface area (Å²) in [6.45, 7) is 3.14. The van der Waals surface area contributed by atoms with Crippen molar-refractivity contribution in [1.29, 1.82) is 0 Å². The van der Waals surface area contributed by atoms with Crippen LogP contribution in [0.3, 0.4) is 0 Å². The molecule has 0 aliphatic carbocycles. The van der Waals surface area contributed by atoms with E-state index in [0.29, 0.717) is 0 Å². The van der Waals surface area contributed by atoms with Gasteiger partial charge in [0.2, 0.25) is 11.8 Å². The summed E-state index contributed by atoms with van der Waals surface area (Å²) in [5.41, 5.74) is 1.69. The molecule has 224 valence electrons. The molecule has 7 nitrogen and oxygen atoms in total. The van der Waals surface area contributed by atoms with Crippen LogP contribution in [0.2, 0.25) is 10.0 Å². The molecule has 0 saturated carbocycles. The molecular weight excluding hydrogens is 605 g/mol. The molecule has 1 N–H and O–H groups in total. The van der Waals surface area contributed by atoms with Crippen LogP contribution in [0.1, 0.15) is 25.0 Å². The van der Waals surface area contributed by atoms with Crippen molar-refractivity contribution in [3.8, 4) is 0 Å². The summed E-state index contributed by atoms with van der Waals surface area (Å²) >= 11 is 12.8. The van der Waals surface area contributed by atoms with E-state index in [2.05, 4.69) is 5.32 Å². The van der Waals surface area contributed by atoms with Gasteiger partial charge in [-0.05, 0) is 55.3 Å². The first kappa shape index (κ1) is 32.1. The van der Waals surface area contributed by atoms with Gasteiger partial charge in [0, 0.05) is 24.0 Å². The van der Waals surface area contributed by atoms with Crippen LogP contribution >= 0.6 is 23.2 Å². The summed E-state index contributed by atoms with van der Waals surface area (Å²) in [5, 5.41) is 3.29. The van der Waals surface area contributed by atoms with Gasteiger partial charge >= 0.3 is 0 Å². The molecule has 0 radical (unpaired) electrons. The average Bonchev–Trinajstić information content (AvgIpc) is 3.00. The number of anilines is 1. The number of hydrogen-bond acceptors (Lipinski definition) is 4. The number of rotatable bonds is 12. The van der Waals surface area contributed by atoms with Gasteiger partial charge in [-0.25, -0.2) is 8.42 Å². The molecule has 4 rings (SSSR count). The molecule has 4 aromatic rings. The van der Waals surface area contributed by atoms with Gasteiger partial charge in [0.1, 0.15) is 12.6 Å². The molecule has 0 fully saturated rings. The van der Waals surface area contributed by atoms with Gasteiger partial charge in [0.15, 0.2) is 0 Å². The summed E-state index contributed by atoms with van der Waals surface area (Å²) in [4.78, 5) is 29.5. The van der Waals surface area contributed by atoms with Crippen molar-refractivity contribution in [1.82, 2.24) is 10.2 Å². The van der Waals surface area contributed by atoms with Crippen LogP contribution < -0.4 is 9.62 Å². The molecule has 4 aromatic carbocycles. The van der Waals surface area contributed by atoms with Gasteiger partial charge in [-0.1, -0.05) is 102 Å². The minimum Gasteiger partial charge on any atom is -0.352 e. The zero-order valence-electron chi connectivity index (χ0n) is 23.9. The van der Waals surface area contributed by atoms with E-state index in [9.17, 15) is 18.0 Å². The number of nitrogens with one attached hydrogen (secondary N) is 1. The SMILES string of the molecule is CC(C)NC(=O)C(Cc1ccccc1)N(Cc1ccccc1)C(=O)CN(c1cc(Cl)ccc1Cl)S(=O)(=O)c1ccccc1. The van der Waals surface area contributed by atoms with Crippen LogP contribution in [0.5, 0.6) is 0 Å². The first-order chi connectivity index (χ1) is 20.6. The second-order valence-electron chi connectivity index (χ2n) is 10.3. The van der Waals surface area contributed by atoms with Gasteiger partial charge in [-0.15, -0.1) is 0 Å². The fraction of sp³-hybridized carbons (Fsp3) is 0.212. The first-order valence-electron chi connectivity index (χ1n) is 13.8. The van der Waals surface area contributed by atoms with E-state index in [4.69, 9.17) is 23.2 Å². The van der Waals surface area contributed by atoms with E-state index in [1.54, 1.807) is 18.2 Å². The standard InChI is InChI=1S/C33H33Cl2N3O4S/c1-24(2)36-33(40)31(20-25-12-6-3-7-13-25)37(22-26-14-8-4-9-15-26)32(39)23-38(30-21-27(34)18-19-29(30)35)43(41,42)28-16-10-5-11-17-28/h3-19,21,24,31H,20,22-23H2,1-2H3,(H,36,40). The lowest BCUT2D eigenvalue weighted by Gasteiger charge is -2.34. The second kappa shape index (κ2) is 14.6. The fourth-order valence-corrected chi connectivity index (χ4v) is 6.51. The maximum atomic E-state index is 14.4. The second-order valence-corrected chi connectivity index (χ2v) is 13.0. The third kappa shape index (κ3) is 8.38. The number of carbonyl (C=O) groups excluding carboxylic acids is 2. The highest BCUT2D eigenvalue weighted by molar-refractivity contribution is 7.92. The lowest BCUT2D eigenvalue weighted by atomic mass is 10.0. The summed E-state index contributed by atoms with van der Waals surface area (Å²) in [6.07, 6.45) is 0.224. The zero-order chi connectivity index (χ0) is 31.0. The summed E-state index contributed by atoms with van der Waals surface area (Å²) in [5.74, 6) is -0.930. The van der Waals surface area contributed by atoms with E-state index in [1.807, 2.05) is 74.5 Å². The molecule has 2 amide bonds. The Morgan fingerprint density at radius 3 is 1.93 bits per heavy atom. The number of sulfonamides is 1. The normalized spacial score (nSPS) is 12.0. The van der Waals surface area contributed by atoms with E-state index >= 15 is 0 Å². The summed E-state index contributed by atoms with van der Waals surface area (Å²) < 4.78 is 29.0. The molecule has 0 bridgehead atoms. The number of nitrogens with zero attached hydrogens (tertiary/aromatic N) is 2. The van der Waals surface area contributed by atoms with Crippen molar-refractivity contribution < 1.29 is 18.0 Å². The molecule has 10 heteroatoms. The lowest BCUT2D eigenvalue weighted by molar-refractivity contribution is -0.140. The van der Waals surface area contributed by atoms with E-state index < -0.39 is 28.5 Å². The largest absolute Gasteiger partial charge is 0.352 e. The summed E-state index contributed by atoms with van der Waals surface area (Å²) in [7, 11) is -4.28. The van der Waals surface area contributed by atoms with Crippen molar-refractivity contribution in [3.05, 3.63) is 130 Å². The molecule has 1 unspecified atom stereocenters. The number of carbonyl (C=O) groups is 2. The molecular formula is C33H33Cl2N3O4S. The minimum absolute atomic E-state index is 0.0214. The van der Waals surface area contributed by atoms with Gasteiger partial charge in [-0.3, -0.25) is 13.9 Å². The number of halogens is 2. The molecule has 1 atom stereocenters. The maximum Gasteiger partial charge on any atom is 0.264 e. The van der Waals surface area contributed by atoms with Crippen LogP contribution in [-0.4, -0.2) is 43.8 Å². The quantitative estimate of drug-likeness (QED) is 0.196. The Hall–Kier alpha value is -3.85. The van der Waals surface area contributed by atoms with Gasteiger partial charge in [0.05, 0.1) is 15.6 Å². The Balaban J connectivity index is 1.81. The Labute approximate surface area is 263 Å².